The molecule has 0 rings (SSSR count). The van der Waals surface area contributed by atoms with Gasteiger partial charge >= 0.3 is 0 Å². The molecule has 0 aliphatic rings. The monoisotopic (exact) mass is 269 g/mol. The Labute approximate surface area is 105 Å². The Morgan fingerprint density at radius 2 is 1.88 bits per heavy atom. The SMILES string of the molecule is CC(CCCl)CNCCS(=O)(=O)C(C)(C)C. The first-order valence-corrected chi connectivity index (χ1v) is 7.88. The Hall–Kier alpha value is 0.200. The fourth-order valence-corrected chi connectivity index (χ4v) is 2.55. The molecule has 0 saturated carbocycles. The summed E-state index contributed by atoms with van der Waals surface area (Å²) in [5.41, 5.74) is 0. The molecule has 1 N–H and O–H groups in total. The molecular weight excluding hydrogens is 246 g/mol. The molecule has 0 radical (unpaired) electrons. The highest BCUT2D eigenvalue weighted by Crippen LogP contribution is 2.15. The van der Waals surface area contributed by atoms with E-state index in [2.05, 4.69) is 12.2 Å². The van der Waals surface area contributed by atoms with Crippen LogP contribution in [0.3, 0.4) is 0 Å². The molecule has 0 aromatic heterocycles. The maximum atomic E-state index is 11.8. The first kappa shape index (κ1) is 16.2. The third-order valence-electron chi connectivity index (χ3n) is 2.58. The van der Waals surface area contributed by atoms with E-state index in [4.69, 9.17) is 11.6 Å². The molecule has 1 unspecified atom stereocenters. The fourth-order valence-electron chi connectivity index (χ4n) is 1.15. The highest BCUT2D eigenvalue weighted by molar-refractivity contribution is 7.92. The van der Waals surface area contributed by atoms with Gasteiger partial charge in [0.15, 0.2) is 9.84 Å². The van der Waals surface area contributed by atoms with Crippen LogP contribution in [0.2, 0.25) is 0 Å². The number of nitrogens with one attached hydrogen (secondary N) is 1. The molecular formula is C11H24ClNO2S. The predicted molar refractivity (Wildman–Crippen MR) is 70.9 cm³/mol. The van der Waals surface area contributed by atoms with E-state index in [-0.39, 0.29) is 5.75 Å². The van der Waals surface area contributed by atoms with Gasteiger partial charge in [0.25, 0.3) is 0 Å². The van der Waals surface area contributed by atoms with Crippen LogP contribution in [0.4, 0.5) is 0 Å². The molecule has 0 spiro atoms. The van der Waals surface area contributed by atoms with Crippen molar-refractivity contribution in [2.24, 2.45) is 5.92 Å². The van der Waals surface area contributed by atoms with E-state index in [0.29, 0.717) is 18.3 Å². The Bertz CT molecular complexity index is 283. The van der Waals surface area contributed by atoms with Crippen LogP contribution in [0, 0.1) is 5.92 Å². The van der Waals surface area contributed by atoms with Gasteiger partial charge in [0.2, 0.25) is 0 Å². The lowest BCUT2D eigenvalue weighted by Gasteiger charge is -2.19. The molecule has 16 heavy (non-hydrogen) atoms. The zero-order chi connectivity index (χ0) is 12.8. The maximum Gasteiger partial charge on any atom is 0.156 e. The largest absolute Gasteiger partial charge is 0.315 e. The van der Waals surface area contributed by atoms with Crippen molar-refractivity contribution in [2.45, 2.75) is 38.9 Å². The zero-order valence-corrected chi connectivity index (χ0v) is 12.3. The van der Waals surface area contributed by atoms with Crippen LogP contribution in [0.15, 0.2) is 0 Å². The van der Waals surface area contributed by atoms with Crippen molar-refractivity contribution < 1.29 is 8.42 Å². The second-order valence-electron chi connectivity index (χ2n) is 5.22. The van der Waals surface area contributed by atoms with Gasteiger partial charge in [-0.2, -0.15) is 0 Å². The topological polar surface area (TPSA) is 46.2 Å². The van der Waals surface area contributed by atoms with Gasteiger partial charge < -0.3 is 5.32 Å². The van der Waals surface area contributed by atoms with E-state index in [1.54, 1.807) is 20.8 Å². The molecule has 0 fully saturated rings. The number of hydrogen-bond donors (Lipinski definition) is 1. The van der Waals surface area contributed by atoms with Crippen LogP contribution in [0.1, 0.15) is 34.1 Å². The van der Waals surface area contributed by atoms with Crippen molar-refractivity contribution in [1.29, 1.82) is 0 Å². The van der Waals surface area contributed by atoms with Crippen molar-refractivity contribution in [1.82, 2.24) is 5.32 Å². The molecule has 1 atom stereocenters. The van der Waals surface area contributed by atoms with Gasteiger partial charge in [-0.05, 0) is 39.7 Å². The standard InChI is InChI=1S/C11H24ClNO2S/c1-10(5-6-12)9-13-7-8-16(14,15)11(2,3)4/h10,13H,5-9H2,1-4H3. The van der Waals surface area contributed by atoms with E-state index >= 15 is 0 Å². The van der Waals surface area contributed by atoms with E-state index < -0.39 is 14.6 Å². The molecule has 0 amide bonds. The Morgan fingerprint density at radius 3 is 2.31 bits per heavy atom. The van der Waals surface area contributed by atoms with Crippen LogP contribution in [0.25, 0.3) is 0 Å². The lowest BCUT2D eigenvalue weighted by molar-refractivity contribution is 0.507. The summed E-state index contributed by atoms with van der Waals surface area (Å²) < 4.78 is 22.9. The summed E-state index contributed by atoms with van der Waals surface area (Å²) in [6, 6.07) is 0. The Kier molecular flexibility index (Phi) is 6.90. The third-order valence-corrected chi connectivity index (χ3v) is 5.40. The van der Waals surface area contributed by atoms with Crippen LogP contribution >= 0.6 is 11.6 Å². The van der Waals surface area contributed by atoms with E-state index in [9.17, 15) is 8.42 Å². The minimum absolute atomic E-state index is 0.199. The Morgan fingerprint density at radius 1 is 1.31 bits per heavy atom. The normalized spacial score (nSPS) is 15.1. The second-order valence-corrected chi connectivity index (χ2v) is 8.46. The summed E-state index contributed by atoms with van der Waals surface area (Å²) in [6.45, 7) is 8.65. The van der Waals surface area contributed by atoms with Gasteiger partial charge in [-0.3, -0.25) is 0 Å². The molecule has 0 aliphatic carbocycles. The summed E-state index contributed by atoms with van der Waals surface area (Å²) in [7, 11) is -3.00. The first-order chi connectivity index (χ1) is 7.20. The van der Waals surface area contributed by atoms with Crippen molar-refractivity contribution in [3.8, 4) is 0 Å². The smallest absolute Gasteiger partial charge is 0.156 e. The summed E-state index contributed by atoms with van der Waals surface area (Å²) in [5, 5.41) is 3.16. The molecule has 0 aromatic carbocycles. The van der Waals surface area contributed by atoms with Crippen LogP contribution in [0.5, 0.6) is 0 Å². The number of halogens is 1. The molecule has 5 heteroatoms. The second kappa shape index (κ2) is 6.82. The fraction of sp³-hybridized carbons (Fsp3) is 1.00. The van der Waals surface area contributed by atoms with E-state index in [1.165, 1.54) is 0 Å². The number of hydrogen-bond acceptors (Lipinski definition) is 3. The highest BCUT2D eigenvalue weighted by Gasteiger charge is 2.27. The lowest BCUT2D eigenvalue weighted by atomic mass is 10.1. The summed E-state index contributed by atoms with van der Waals surface area (Å²) in [5.74, 6) is 1.35. The molecule has 98 valence electrons. The molecule has 0 aromatic rings. The van der Waals surface area contributed by atoms with Crippen LogP contribution in [-0.4, -0.2) is 37.9 Å². The lowest BCUT2D eigenvalue weighted by Crippen LogP contribution is -2.35. The van der Waals surface area contributed by atoms with Crippen molar-refractivity contribution in [3.05, 3.63) is 0 Å². The number of rotatable bonds is 7. The van der Waals surface area contributed by atoms with Crippen molar-refractivity contribution in [2.75, 3.05) is 24.7 Å². The third kappa shape index (κ3) is 6.06. The zero-order valence-electron chi connectivity index (χ0n) is 10.7. The number of sulfone groups is 1. The van der Waals surface area contributed by atoms with Gasteiger partial charge in [0.05, 0.1) is 10.5 Å². The van der Waals surface area contributed by atoms with Gasteiger partial charge in [-0.25, -0.2) is 8.42 Å². The summed E-state index contributed by atoms with van der Waals surface area (Å²) >= 11 is 5.62. The van der Waals surface area contributed by atoms with E-state index in [1.807, 2.05) is 0 Å². The molecule has 0 aliphatic heterocycles. The molecule has 0 bridgehead atoms. The minimum Gasteiger partial charge on any atom is -0.315 e. The van der Waals surface area contributed by atoms with Gasteiger partial charge in [0, 0.05) is 12.4 Å². The number of alkyl halides is 1. The quantitative estimate of drug-likeness (QED) is 0.568. The van der Waals surface area contributed by atoms with Crippen LogP contribution in [-0.2, 0) is 9.84 Å². The molecule has 0 heterocycles. The van der Waals surface area contributed by atoms with Crippen molar-refractivity contribution in [3.63, 3.8) is 0 Å². The van der Waals surface area contributed by atoms with Crippen LogP contribution < -0.4 is 5.32 Å². The first-order valence-electron chi connectivity index (χ1n) is 5.69. The molecule has 0 saturated heterocycles. The average molecular weight is 270 g/mol. The van der Waals surface area contributed by atoms with E-state index in [0.717, 1.165) is 13.0 Å². The van der Waals surface area contributed by atoms with Gasteiger partial charge in [-0.15, -0.1) is 11.6 Å². The van der Waals surface area contributed by atoms with Gasteiger partial charge in [-0.1, -0.05) is 6.92 Å². The van der Waals surface area contributed by atoms with Gasteiger partial charge in [0.1, 0.15) is 0 Å². The Balaban J connectivity index is 3.84. The minimum atomic E-state index is -3.00. The predicted octanol–water partition coefficient (Wildman–Crippen LogP) is 2.05. The highest BCUT2D eigenvalue weighted by atomic mass is 35.5. The van der Waals surface area contributed by atoms with Crippen molar-refractivity contribution >= 4 is 21.4 Å². The average Bonchev–Trinajstić information content (AvgIpc) is 2.11. The molecule has 3 nitrogen and oxygen atoms in total. The summed E-state index contributed by atoms with van der Waals surface area (Å²) in [4.78, 5) is 0. The summed E-state index contributed by atoms with van der Waals surface area (Å²) in [6.07, 6.45) is 0.959. The maximum absolute atomic E-state index is 11.8.